The van der Waals surface area contributed by atoms with Gasteiger partial charge in [0.15, 0.2) is 26.4 Å². The van der Waals surface area contributed by atoms with Gasteiger partial charge in [0, 0.05) is 47.0 Å². The van der Waals surface area contributed by atoms with Crippen molar-refractivity contribution in [2.75, 3.05) is 37.1 Å². The maximum atomic E-state index is 14.4. The molecule has 492 valence electrons. The lowest BCUT2D eigenvalue weighted by Crippen LogP contribution is -2.27. The number of carbonyl (C=O) groups is 7. The van der Waals surface area contributed by atoms with E-state index in [9.17, 15) is 62.8 Å². The van der Waals surface area contributed by atoms with Crippen LogP contribution < -0.4 is 10.6 Å². The minimum atomic E-state index is -1.42. The van der Waals surface area contributed by atoms with Crippen molar-refractivity contribution in [2.45, 2.75) is 116 Å². The predicted octanol–water partition coefficient (Wildman–Crippen LogP) is 11.2. The molecule has 0 fully saturated rings. The van der Waals surface area contributed by atoms with E-state index in [0.29, 0.717) is 67.5 Å². The number of Topliss-reactive ketones (excluding diaryl/α,β-unsaturated/α-hetero) is 1. The summed E-state index contributed by atoms with van der Waals surface area (Å²) in [5, 5.41) is 50.2. The summed E-state index contributed by atoms with van der Waals surface area (Å²) in [6, 6.07) is 48.3. The van der Waals surface area contributed by atoms with Crippen LogP contribution in [0, 0.1) is 11.6 Å². The second-order valence-corrected chi connectivity index (χ2v) is 23.2. The first-order chi connectivity index (χ1) is 45.1. The van der Waals surface area contributed by atoms with Crippen molar-refractivity contribution >= 4 is 52.8 Å². The fourth-order valence-electron chi connectivity index (χ4n) is 11.2. The lowest BCUT2D eigenvalue weighted by molar-refractivity contribution is -0.164. The zero-order valence-corrected chi connectivity index (χ0v) is 52.5. The summed E-state index contributed by atoms with van der Waals surface area (Å²) in [5.41, 5.74) is 8.29. The Kier molecular flexibility index (Phi) is 25.0. The van der Waals surface area contributed by atoms with Gasteiger partial charge in [0.25, 0.3) is 11.8 Å². The number of hydrogen-bond donors (Lipinski definition) is 6. The molecule has 2 amide bonds. The van der Waals surface area contributed by atoms with Crippen LogP contribution in [0.4, 0.5) is 20.2 Å². The molecule has 0 spiro atoms. The van der Waals surface area contributed by atoms with Crippen molar-refractivity contribution in [2.24, 2.45) is 0 Å². The van der Waals surface area contributed by atoms with Crippen LogP contribution in [-0.4, -0.2) is 122 Å². The van der Waals surface area contributed by atoms with Crippen LogP contribution in [0.3, 0.4) is 0 Å². The standard InChI is InChI=1S/C73H76F2N4O15/c1-45(2)68-66(72(89)76-53-21-13-7-14-22-53)64(47-17-9-5-10-18-47)70(49-25-29-51(74)30-26-49)78(68)35-33-55(80)37-57(82)39-60(85)93-43-62(87)91-41-59(84)42-92-63(88)44-94-61(86)40-58(83)38-56(81)34-36-79-69(46(3)4)67(73(90)77-54-23-15-8-16-24-54)65(48-19-11-6-12-20-48)71(79)50-27-31-52(75)32-28-50/h5-32,45-46,55-58,80-83H,33-44H2,1-4H3,(H,76,89)(H,77,90)/t55-,56-,57-,58-/m1/s1. The third kappa shape index (κ3) is 19.1. The Morgan fingerprint density at radius 2 is 0.723 bits per heavy atom. The Morgan fingerprint density at radius 1 is 0.404 bits per heavy atom. The Balaban J connectivity index is 0.770. The van der Waals surface area contributed by atoms with Crippen molar-refractivity contribution in [1.29, 1.82) is 0 Å². The number of esters is 4. The number of aromatic nitrogens is 2. The van der Waals surface area contributed by atoms with Gasteiger partial charge < -0.3 is 59.1 Å². The minimum absolute atomic E-state index is 0.0428. The third-order valence-electron chi connectivity index (χ3n) is 15.3. The summed E-state index contributed by atoms with van der Waals surface area (Å²) >= 11 is 0. The first-order valence-electron chi connectivity index (χ1n) is 30.9. The van der Waals surface area contributed by atoms with Crippen LogP contribution >= 0.6 is 0 Å². The summed E-state index contributed by atoms with van der Waals surface area (Å²) in [6.07, 6.45) is -6.94. The summed E-state index contributed by atoms with van der Waals surface area (Å²) in [6.45, 7) is 4.32. The molecule has 6 N–H and O–H groups in total. The topological polar surface area (TPSA) is 271 Å². The number of halogens is 2. The number of ether oxygens (including phenoxy) is 4. The van der Waals surface area contributed by atoms with Gasteiger partial charge in [0.1, 0.15) is 11.6 Å². The Labute approximate surface area is 542 Å². The fraction of sp³-hybridized carbons (Fsp3) is 0.301. The number of nitrogens with zero attached hydrogens (tertiary/aromatic N) is 2. The molecule has 0 unspecified atom stereocenters. The SMILES string of the molecule is CC(C)c1c(C(=O)Nc2ccccc2)c(-c2ccccc2)c(-c2ccc(F)cc2)n1CC[C@@H](O)C[C@@H](O)CC(=O)OCC(=O)OCC(=O)COC(=O)COC(=O)C[C@H](O)C[C@H](O)CCn1c(-c2ccc(F)cc2)c(-c2ccccc2)c(C(=O)Nc2ccccc2)c1C(C)C. The van der Waals surface area contributed by atoms with Crippen LogP contribution in [-0.2, 0) is 56.0 Å². The fourth-order valence-corrected chi connectivity index (χ4v) is 11.2. The van der Waals surface area contributed by atoms with Crippen LogP contribution in [0.1, 0.15) is 110 Å². The summed E-state index contributed by atoms with van der Waals surface area (Å²) in [4.78, 5) is 91.4. The molecule has 8 rings (SSSR count). The molecule has 6 aromatic carbocycles. The number of rotatable bonds is 32. The van der Waals surface area contributed by atoms with Crippen LogP contribution in [0.15, 0.2) is 170 Å². The second kappa shape index (κ2) is 33.6. The number of aliphatic hydroxyl groups excluding tert-OH is 4. The molecule has 0 saturated carbocycles. The first kappa shape index (κ1) is 69.9. The number of nitrogens with one attached hydrogen (secondary N) is 2. The highest BCUT2D eigenvalue weighted by atomic mass is 19.1. The molecule has 0 saturated heterocycles. The van der Waals surface area contributed by atoms with Crippen molar-refractivity contribution in [3.05, 3.63) is 204 Å². The lowest BCUT2D eigenvalue weighted by Gasteiger charge is -2.20. The quantitative estimate of drug-likeness (QED) is 0.0169. The molecule has 0 aliphatic heterocycles. The smallest absolute Gasteiger partial charge is 0.344 e. The number of ketones is 1. The van der Waals surface area contributed by atoms with Crippen molar-refractivity contribution < 1.29 is 81.7 Å². The normalized spacial score (nSPS) is 12.6. The zero-order valence-electron chi connectivity index (χ0n) is 52.5. The van der Waals surface area contributed by atoms with Crippen LogP contribution in [0.25, 0.3) is 44.8 Å². The summed E-state index contributed by atoms with van der Waals surface area (Å²) in [7, 11) is 0. The Bertz CT molecular complexity index is 3630. The summed E-state index contributed by atoms with van der Waals surface area (Å²) in [5.74, 6) is -7.37. The number of amides is 2. The third-order valence-corrected chi connectivity index (χ3v) is 15.3. The number of carbonyl (C=O) groups excluding carboxylic acids is 7. The van der Waals surface area contributed by atoms with E-state index in [1.54, 1.807) is 72.8 Å². The largest absolute Gasteiger partial charge is 0.455 e. The van der Waals surface area contributed by atoms with Gasteiger partial charge in [-0.3, -0.25) is 24.0 Å². The molecule has 2 heterocycles. The molecular formula is C73H76F2N4O15. The zero-order chi connectivity index (χ0) is 67.4. The molecule has 21 heteroatoms. The van der Waals surface area contributed by atoms with Crippen LogP contribution in [0.5, 0.6) is 0 Å². The maximum absolute atomic E-state index is 14.4. The van der Waals surface area contributed by atoms with E-state index in [1.165, 1.54) is 24.3 Å². The molecule has 0 aliphatic carbocycles. The van der Waals surface area contributed by atoms with Crippen LogP contribution in [0.2, 0.25) is 0 Å². The number of para-hydroxylation sites is 2. The second-order valence-electron chi connectivity index (χ2n) is 23.2. The van der Waals surface area contributed by atoms with E-state index < -0.39 is 105 Å². The number of benzene rings is 6. The van der Waals surface area contributed by atoms with Gasteiger partial charge in [-0.1, -0.05) is 125 Å². The Hall–Kier alpha value is -9.93. The van der Waals surface area contributed by atoms with Crippen molar-refractivity contribution in [3.8, 4) is 44.8 Å². The molecular weight excluding hydrogens is 1210 g/mol. The Morgan fingerprint density at radius 3 is 1.05 bits per heavy atom. The van der Waals surface area contributed by atoms with Crippen molar-refractivity contribution in [1.82, 2.24) is 9.13 Å². The minimum Gasteiger partial charge on any atom is -0.455 e. The van der Waals surface area contributed by atoms with E-state index in [1.807, 2.05) is 110 Å². The van der Waals surface area contributed by atoms with Gasteiger partial charge in [0.05, 0.1) is 59.8 Å². The first-order valence-corrected chi connectivity index (χ1v) is 30.9. The average molecular weight is 1290 g/mol. The number of aliphatic hydroxyl groups is 4. The maximum Gasteiger partial charge on any atom is 0.344 e. The molecule has 2 aromatic heterocycles. The van der Waals surface area contributed by atoms with E-state index in [4.69, 9.17) is 18.9 Å². The van der Waals surface area contributed by atoms with E-state index >= 15 is 0 Å². The van der Waals surface area contributed by atoms with Gasteiger partial charge >= 0.3 is 23.9 Å². The van der Waals surface area contributed by atoms with Gasteiger partial charge in [-0.15, -0.1) is 0 Å². The molecule has 0 bridgehead atoms. The van der Waals surface area contributed by atoms with Gasteiger partial charge in [-0.25, -0.2) is 18.4 Å². The highest BCUT2D eigenvalue weighted by Crippen LogP contribution is 2.45. The summed E-state index contributed by atoms with van der Waals surface area (Å²) < 4.78 is 52.1. The predicted molar refractivity (Wildman–Crippen MR) is 348 cm³/mol. The highest BCUT2D eigenvalue weighted by molar-refractivity contribution is 6.13. The number of anilines is 2. The van der Waals surface area contributed by atoms with E-state index in [-0.39, 0.29) is 62.4 Å². The molecule has 19 nitrogen and oxygen atoms in total. The average Bonchev–Trinajstić information content (AvgIpc) is 1.60. The van der Waals surface area contributed by atoms with Gasteiger partial charge in [-0.05, 0) is 133 Å². The van der Waals surface area contributed by atoms with E-state index in [0.717, 1.165) is 11.1 Å². The van der Waals surface area contributed by atoms with Gasteiger partial charge in [0.2, 0.25) is 5.78 Å². The lowest BCUT2D eigenvalue weighted by atomic mass is 9.94. The molecule has 0 radical (unpaired) electrons. The van der Waals surface area contributed by atoms with Gasteiger partial charge in [-0.2, -0.15) is 0 Å². The molecule has 94 heavy (non-hydrogen) atoms. The number of hydrogen-bond acceptors (Lipinski definition) is 15. The molecule has 4 atom stereocenters. The molecule has 0 aliphatic rings. The molecule has 8 aromatic rings. The monoisotopic (exact) mass is 1290 g/mol. The highest BCUT2D eigenvalue weighted by Gasteiger charge is 2.33. The van der Waals surface area contributed by atoms with Crippen molar-refractivity contribution in [3.63, 3.8) is 0 Å². The van der Waals surface area contributed by atoms with E-state index in [2.05, 4.69) is 10.6 Å².